The van der Waals surface area contributed by atoms with E-state index in [0.29, 0.717) is 26.3 Å². The first-order chi connectivity index (χ1) is 7.57. The Morgan fingerprint density at radius 2 is 2.06 bits per heavy atom. The highest BCUT2D eigenvalue weighted by molar-refractivity contribution is 5.77. The fraction of sp³-hybridized carbons (Fsp3) is 0.778. The Morgan fingerprint density at radius 1 is 1.38 bits per heavy atom. The summed E-state index contributed by atoms with van der Waals surface area (Å²) in [5.74, 6) is -1.51. The van der Waals surface area contributed by atoms with E-state index in [1.807, 2.05) is 0 Å². The second-order valence-corrected chi connectivity index (χ2v) is 3.25. The van der Waals surface area contributed by atoms with Crippen LogP contribution < -0.4 is 16.8 Å². The molecule has 7 heteroatoms. The van der Waals surface area contributed by atoms with Crippen molar-refractivity contribution in [3.05, 3.63) is 0 Å². The molecule has 7 nitrogen and oxygen atoms in total. The van der Waals surface area contributed by atoms with Crippen LogP contribution in [0.4, 0.5) is 0 Å². The maximum Gasteiger partial charge on any atom is 0.320 e. The molecule has 94 valence electrons. The number of carbonyl (C=O) groups is 2. The molecule has 1 amide bonds. The molecule has 0 fully saturated rings. The van der Waals surface area contributed by atoms with E-state index < -0.39 is 17.9 Å². The van der Waals surface area contributed by atoms with E-state index in [9.17, 15) is 9.59 Å². The SMILES string of the molecule is NCCOCCN[C@@H](CCC(N)=O)C(=O)O. The van der Waals surface area contributed by atoms with E-state index in [1.54, 1.807) is 0 Å². The van der Waals surface area contributed by atoms with Gasteiger partial charge in [0, 0.05) is 19.5 Å². The highest BCUT2D eigenvalue weighted by Gasteiger charge is 2.16. The van der Waals surface area contributed by atoms with Gasteiger partial charge in [-0.15, -0.1) is 0 Å². The zero-order valence-electron chi connectivity index (χ0n) is 9.15. The van der Waals surface area contributed by atoms with Gasteiger partial charge >= 0.3 is 5.97 Å². The standard InChI is InChI=1S/C9H19N3O4/c10-3-5-16-6-4-12-7(9(14)15)1-2-8(11)13/h7,12H,1-6,10H2,(H2,11,13)(H,14,15)/t7-/m0/s1. The van der Waals surface area contributed by atoms with Crippen molar-refractivity contribution in [1.29, 1.82) is 0 Å². The number of hydrogen-bond acceptors (Lipinski definition) is 5. The smallest absolute Gasteiger partial charge is 0.320 e. The van der Waals surface area contributed by atoms with Crippen molar-refractivity contribution < 1.29 is 19.4 Å². The minimum atomic E-state index is -1.000. The molecule has 6 N–H and O–H groups in total. The lowest BCUT2D eigenvalue weighted by atomic mass is 10.1. The van der Waals surface area contributed by atoms with Gasteiger partial charge in [-0.3, -0.25) is 9.59 Å². The molecule has 0 radical (unpaired) electrons. The van der Waals surface area contributed by atoms with Crippen molar-refractivity contribution in [2.24, 2.45) is 11.5 Å². The van der Waals surface area contributed by atoms with Crippen LogP contribution in [0.1, 0.15) is 12.8 Å². The van der Waals surface area contributed by atoms with E-state index >= 15 is 0 Å². The van der Waals surface area contributed by atoms with Crippen molar-refractivity contribution in [2.45, 2.75) is 18.9 Å². The van der Waals surface area contributed by atoms with E-state index in [-0.39, 0.29) is 12.8 Å². The van der Waals surface area contributed by atoms with E-state index in [4.69, 9.17) is 21.3 Å². The average Bonchev–Trinajstić information content (AvgIpc) is 2.21. The van der Waals surface area contributed by atoms with Gasteiger partial charge in [0.1, 0.15) is 6.04 Å². The van der Waals surface area contributed by atoms with Gasteiger partial charge < -0.3 is 26.6 Å². The first kappa shape index (κ1) is 14.8. The second kappa shape index (κ2) is 9.08. The van der Waals surface area contributed by atoms with Gasteiger partial charge in [0.15, 0.2) is 0 Å². The fourth-order valence-electron chi connectivity index (χ4n) is 1.09. The lowest BCUT2D eigenvalue weighted by Crippen LogP contribution is -2.39. The Morgan fingerprint density at radius 3 is 2.56 bits per heavy atom. The van der Waals surface area contributed by atoms with Crippen LogP contribution in [0.25, 0.3) is 0 Å². The normalized spacial score (nSPS) is 12.3. The minimum Gasteiger partial charge on any atom is -0.480 e. The molecular formula is C9H19N3O4. The number of nitrogens with one attached hydrogen (secondary N) is 1. The summed E-state index contributed by atoms with van der Waals surface area (Å²) in [6.07, 6.45) is 0.231. The Bertz CT molecular complexity index is 223. The van der Waals surface area contributed by atoms with Crippen molar-refractivity contribution in [3.63, 3.8) is 0 Å². The van der Waals surface area contributed by atoms with Crippen LogP contribution >= 0.6 is 0 Å². The van der Waals surface area contributed by atoms with Gasteiger partial charge in [-0.1, -0.05) is 0 Å². The molecular weight excluding hydrogens is 214 g/mol. The predicted octanol–water partition coefficient (Wildman–Crippen LogP) is -1.73. The third kappa shape index (κ3) is 8.16. The average molecular weight is 233 g/mol. The number of aliphatic carboxylic acids is 1. The molecule has 0 unspecified atom stereocenters. The van der Waals surface area contributed by atoms with Crippen molar-refractivity contribution in [2.75, 3.05) is 26.3 Å². The summed E-state index contributed by atoms with van der Waals surface area (Å²) in [7, 11) is 0. The summed E-state index contributed by atoms with van der Waals surface area (Å²) in [5, 5.41) is 11.6. The van der Waals surface area contributed by atoms with Gasteiger partial charge in [-0.05, 0) is 6.42 Å². The summed E-state index contributed by atoms with van der Waals surface area (Å²) in [5.41, 5.74) is 10.1. The number of carboxylic acids is 1. The van der Waals surface area contributed by atoms with Gasteiger partial charge in [0.25, 0.3) is 0 Å². The molecule has 0 rings (SSSR count). The molecule has 0 spiro atoms. The maximum atomic E-state index is 10.8. The van der Waals surface area contributed by atoms with Gasteiger partial charge in [-0.2, -0.15) is 0 Å². The molecule has 1 atom stereocenters. The molecule has 0 aromatic rings. The molecule has 0 bridgehead atoms. The number of nitrogens with two attached hydrogens (primary N) is 2. The summed E-state index contributed by atoms with van der Waals surface area (Å²) in [4.78, 5) is 21.3. The molecule has 0 saturated carbocycles. The Kier molecular flexibility index (Phi) is 8.41. The summed E-state index contributed by atoms with van der Waals surface area (Å²) >= 11 is 0. The lowest BCUT2D eigenvalue weighted by Gasteiger charge is -2.13. The quantitative estimate of drug-likeness (QED) is 0.332. The Balaban J connectivity index is 3.68. The Labute approximate surface area is 94.1 Å². The number of carboxylic acid groups (broad SMARTS) is 1. The largest absolute Gasteiger partial charge is 0.480 e. The zero-order valence-corrected chi connectivity index (χ0v) is 9.15. The summed E-state index contributed by atoms with van der Waals surface area (Å²) < 4.78 is 5.07. The fourth-order valence-corrected chi connectivity index (χ4v) is 1.09. The van der Waals surface area contributed by atoms with Crippen molar-refractivity contribution in [3.8, 4) is 0 Å². The van der Waals surface area contributed by atoms with Crippen LogP contribution in [0.15, 0.2) is 0 Å². The number of ether oxygens (including phenoxy) is 1. The number of amides is 1. The van der Waals surface area contributed by atoms with Gasteiger partial charge in [0.05, 0.1) is 13.2 Å². The number of hydrogen-bond donors (Lipinski definition) is 4. The third-order valence-electron chi connectivity index (χ3n) is 1.88. The molecule has 0 saturated heterocycles. The van der Waals surface area contributed by atoms with Crippen LogP contribution in [0.3, 0.4) is 0 Å². The second-order valence-electron chi connectivity index (χ2n) is 3.25. The van der Waals surface area contributed by atoms with Gasteiger partial charge in [-0.25, -0.2) is 0 Å². The number of carbonyl (C=O) groups excluding carboxylic acids is 1. The number of rotatable bonds is 10. The number of primary amides is 1. The van der Waals surface area contributed by atoms with Crippen molar-refractivity contribution >= 4 is 11.9 Å². The molecule has 0 aromatic heterocycles. The summed E-state index contributed by atoms with van der Waals surface area (Å²) in [6, 6.07) is -0.769. The molecule has 0 aliphatic rings. The molecule has 16 heavy (non-hydrogen) atoms. The van der Waals surface area contributed by atoms with E-state index in [2.05, 4.69) is 5.32 Å². The van der Waals surface area contributed by atoms with Gasteiger partial charge in [0.2, 0.25) is 5.91 Å². The summed E-state index contributed by atoms with van der Waals surface area (Å²) in [6.45, 7) is 1.66. The van der Waals surface area contributed by atoms with Crippen LogP contribution in [-0.2, 0) is 14.3 Å². The maximum absolute atomic E-state index is 10.8. The molecule has 0 heterocycles. The topological polar surface area (TPSA) is 128 Å². The van der Waals surface area contributed by atoms with Crippen LogP contribution in [0.2, 0.25) is 0 Å². The van der Waals surface area contributed by atoms with Crippen LogP contribution in [-0.4, -0.2) is 49.3 Å². The molecule has 0 aliphatic heterocycles. The monoisotopic (exact) mass is 233 g/mol. The highest BCUT2D eigenvalue weighted by Crippen LogP contribution is 1.96. The van der Waals surface area contributed by atoms with Crippen LogP contribution in [0.5, 0.6) is 0 Å². The predicted molar refractivity (Wildman–Crippen MR) is 57.7 cm³/mol. The Hall–Kier alpha value is -1.18. The lowest BCUT2D eigenvalue weighted by molar-refractivity contribution is -0.139. The highest BCUT2D eigenvalue weighted by atomic mass is 16.5. The molecule has 0 aliphatic carbocycles. The third-order valence-corrected chi connectivity index (χ3v) is 1.88. The first-order valence-corrected chi connectivity index (χ1v) is 5.10. The first-order valence-electron chi connectivity index (χ1n) is 5.10. The zero-order chi connectivity index (χ0) is 12.4. The van der Waals surface area contributed by atoms with E-state index in [0.717, 1.165) is 0 Å². The molecule has 0 aromatic carbocycles. The van der Waals surface area contributed by atoms with Crippen molar-refractivity contribution in [1.82, 2.24) is 5.32 Å². The minimum absolute atomic E-state index is 0.0492. The van der Waals surface area contributed by atoms with Crippen LogP contribution in [0, 0.1) is 0 Å². The van der Waals surface area contributed by atoms with E-state index in [1.165, 1.54) is 0 Å².